The molecular formula is C34H44N6O6. The van der Waals surface area contributed by atoms with Crippen LogP contribution in [0.5, 0.6) is 17.2 Å². The number of rotatable bonds is 6. The Hall–Kier alpha value is -4.00. The van der Waals surface area contributed by atoms with Crippen molar-refractivity contribution >= 4 is 11.8 Å². The molecule has 0 radical (unpaired) electrons. The second-order valence-electron chi connectivity index (χ2n) is 12.3. The van der Waals surface area contributed by atoms with E-state index >= 15 is 0 Å². The number of nitrogens with one attached hydrogen (secondary N) is 1. The Balaban J connectivity index is 1.25. The molecule has 1 fully saturated rings. The van der Waals surface area contributed by atoms with Crippen molar-refractivity contribution < 1.29 is 28.5 Å². The topological polar surface area (TPSA) is 120 Å². The molecule has 2 aromatic carbocycles. The molecule has 3 aliphatic heterocycles. The molecule has 12 nitrogen and oxygen atoms in total. The van der Waals surface area contributed by atoms with Gasteiger partial charge in [0.05, 0.1) is 32.4 Å². The van der Waals surface area contributed by atoms with Crippen LogP contribution < -0.4 is 14.8 Å². The Morgan fingerprint density at radius 1 is 1.04 bits per heavy atom. The van der Waals surface area contributed by atoms with Crippen LogP contribution in [-0.4, -0.2) is 95.5 Å². The van der Waals surface area contributed by atoms with Gasteiger partial charge in [0.2, 0.25) is 11.7 Å². The van der Waals surface area contributed by atoms with Gasteiger partial charge in [-0.1, -0.05) is 24.6 Å². The molecule has 2 amide bonds. The molecule has 0 saturated carbocycles. The smallest absolute Gasteiger partial charge is 0.291 e. The minimum absolute atomic E-state index is 0.124. The van der Waals surface area contributed by atoms with Crippen molar-refractivity contribution in [2.24, 2.45) is 0 Å². The molecule has 46 heavy (non-hydrogen) atoms. The second-order valence-corrected chi connectivity index (χ2v) is 12.3. The molecule has 4 heterocycles. The Labute approximate surface area is 270 Å². The van der Waals surface area contributed by atoms with Crippen LogP contribution in [0.1, 0.15) is 59.7 Å². The predicted molar refractivity (Wildman–Crippen MR) is 170 cm³/mol. The number of hydrogen-bond donors (Lipinski definition) is 1. The summed E-state index contributed by atoms with van der Waals surface area (Å²) in [7, 11) is 3.30. The van der Waals surface area contributed by atoms with Gasteiger partial charge in [0.15, 0.2) is 11.5 Å². The quantitative estimate of drug-likeness (QED) is 0.407. The van der Waals surface area contributed by atoms with Gasteiger partial charge in [0, 0.05) is 52.9 Å². The summed E-state index contributed by atoms with van der Waals surface area (Å²) >= 11 is 0. The highest BCUT2D eigenvalue weighted by Crippen LogP contribution is 2.33. The van der Waals surface area contributed by atoms with Crippen molar-refractivity contribution in [1.82, 2.24) is 29.9 Å². The zero-order valence-corrected chi connectivity index (χ0v) is 26.8. The van der Waals surface area contributed by atoms with E-state index in [1.165, 1.54) is 0 Å². The van der Waals surface area contributed by atoms with Crippen LogP contribution in [0.4, 0.5) is 0 Å². The number of amides is 2. The highest BCUT2D eigenvalue weighted by Gasteiger charge is 2.36. The van der Waals surface area contributed by atoms with E-state index < -0.39 is 6.04 Å². The minimum Gasteiger partial charge on any atom is -0.493 e. The van der Waals surface area contributed by atoms with Gasteiger partial charge in [-0.2, -0.15) is 0 Å². The van der Waals surface area contributed by atoms with E-state index in [1.807, 2.05) is 47.0 Å². The van der Waals surface area contributed by atoms with Crippen LogP contribution in [0.15, 0.2) is 42.5 Å². The number of likely N-dealkylation sites (tertiary alicyclic amines) is 1. The van der Waals surface area contributed by atoms with E-state index in [2.05, 4.69) is 20.4 Å². The fourth-order valence-corrected chi connectivity index (χ4v) is 6.53. The lowest BCUT2D eigenvalue weighted by molar-refractivity contribution is -0.125. The zero-order valence-electron chi connectivity index (χ0n) is 26.8. The molecule has 1 aromatic heterocycles. The van der Waals surface area contributed by atoms with E-state index in [-0.39, 0.29) is 24.5 Å². The van der Waals surface area contributed by atoms with Crippen molar-refractivity contribution in [2.45, 2.75) is 70.4 Å². The predicted octanol–water partition coefficient (Wildman–Crippen LogP) is 3.57. The summed E-state index contributed by atoms with van der Waals surface area (Å²) < 4.78 is 25.6. The summed E-state index contributed by atoms with van der Waals surface area (Å²) in [6.45, 7) is 3.88. The molecule has 2 atom stereocenters. The number of carbonyl (C=O) groups is 2. The molecule has 3 aliphatic rings. The molecule has 0 spiro atoms. The van der Waals surface area contributed by atoms with Gasteiger partial charge in [-0.05, 0) is 61.1 Å². The second kappa shape index (κ2) is 15.1. The lowest BCUT2D eigenvalue weighted by atomic mass is 10.0. The molecular weight excluding hydrogens is 588 g/mol. The third kappa shape index (κ3) is 7.68. The molecule has 6 rings (SSSR count). The number of nitrogens with zero attached hydrogens (tertiary/aromatic N) is 5. The van der Waals surface area contributed by atoms with Crippen molar-refractivity contribution in [3.8, 4) is 17.2 Å². The van der Waals surface area contributed by atoms with Gasteiger partial charge in [-0.3, -0.25) is 14.5 Å². The van der Waals surface area contributed by atoms with Crippen molar-refractivity contribution in [1.29, 1.82) is 0 Å². The summed E-state index contributed by atoms with van der Waals surface area (Å²) in [5.74, 6) is 2.90. The number of benzene rings is 2. The Bertz CT molecular complexity index is 1510. The Morgan fingerprint density at radius 2 is 1.96 bits per heavy atom. The van der Waals surface area contributed by atoms with Gasteiger partial charge in [0.25, 0.3) is 5.91 Å². The third-order valence-corrected chi connectivity index (χ3v) is 8.90. The van der Waals surface area contributed by atoms with E-state index in [9.17, 15) is 9.59 Å². The average Bonchev–Trinajstić information content (AvgIpc) is 3.31. The number of carbonyl (C=O) groups excluding carboxylic acids is 2. The molecule has 246 valence electrons. The number of piperidine rings is 1. The summed E-state index contributed by atoms with van der Waals surface area (Å²) in [6.07, 6.45) is 5.08. The molecule has 3 aromatic rings. The lowest BCUT2D eigenvalue weighted by Crippen LogP contribution is -2.58. The van der Waals surface area contributed by atoms with Gasteiger partial charge in [-0.25, -0.2) is 0 Å². The van der Waals surface area contributed by atoms with Crippen LogP contribution in [-0.2, 0) is 40.4 Å². The Kier molecular flexibility index (Phi) is 10.5. The number of methoxy groups -OCH3 is 2. The van der Waals surface area contributed by atoms with Crippen molar-refractivity contribution in [3.63, 3.8) is 0 Å². The van der Waals surface area contributed by atoms with E-state index in [0.29, 0.717) is 68.9 Å². The van der Waals surface area contributed by atoms with Crippen LogP contribution in [0.25, 0.3) is 0 Å². The SMILES string of the molecule is COCCCN1CC(=O)N[C@H]2CN(C(=O)c3nnc4n3CCCCC4)CC[C@H]2OCc2cccc(c2)Oc2cc(ccc2OC)C1. The molecule has 0 aliphatic carbocycles. The van der Waals surface area contributed by atoms with Gasteiger partial charge >= 0.3 is 0 Å². The monoisotopic (exact) mass is 632 g/mol. The summed E-state index contributed by atoms with van der Waals surface area (Å²) in [5.41, 5.74) is 1.94. The molecule has 1 N–H and O–H groups in total. The first kappa shape index (κ1) is 32.0. The third-order valence-electron chi connectivity index (χ3n) is 8.90. The van der Waals surface area contributed by atoms with Crippen LogP contribution in [0, 0.1) is 0 Å². The fraction of sp³-hybridized carbons (Fsp3) is 0.529. The maximum absolute atomic E-state index is 13.8. The van der Waals surface area contributed by atoms with E-state index in [4.69, 9.17) is 18.9 Å². The highest BCUT2D eigenvalue weighted by atomic mass is 16.5. The standard InChI is InChI=1S/C34H44N6O6/c1-43-17-7-14-38-20-24-11-12-29(44-2)30(19-24)46-26-9-6-8-25(18-26)23-45-28-13-16-39(21-27(28)35-32(41)22-38)34(42)33-37-36-31-10-4-3-5-15-40(31)33/h6,8-9,11-12,18-19,27-28H,3-5,7,10,13-17,20-23H2,1-2H3,(H,35,41)/t27-,28+/m0/s1. The number of aryl methyl sites for hydroxylation is 1. The van der Waals surface area contributed by atoms with E-state index in [0.717, 1.165) is 55.6 Å². The van der Waals surface area contributed by atoms with Crippen molar-refractivity contribution in [2.75, 3.05) is 47.0 Å². The first-order chi connectivity index (χ1) is 22.5. The zero-order chi connectivity index (χ0) is 31.9. The normalized spacial score (nSPS) is 20.9. The first-order valence-electron chi connectivity index (χ1n) is 16.3. The van der Waals surface area contributed by atoms with Crippen LogP contribution in [0.2, 0.25) is 0 Å². The molecule has 0 unspecified atom stereocenters. The lowest BCUT2D eigenvalue weighted by Gasteiger charge is -2.39. The number of fused-ring (bicyclic) bond motifs is 6. The number of hydrogen-bond acceptors (Lipinski definition) is 9. The highest BCUT2D eigenvalue weighted by molar-refractivity contribution is 5.91. The van der Waals surface area contributed by atoms with Gasteiger partial charge < -0.3 is 33.7 Å². The molecule has 4 bridgehead atoms. The molecule has 12 heteroatoms. The van der Waals surface area contributed by atoms with Crippen molar-refractivity contribution in [3.05, 3.63) is 65.2 Å². The summed E-state index contributed by atoms with van der Waals surface area (Å²) in [5, 5.41) is 11.9. The Morgan fingerprint density at radius 3 is 2.83 bits per heavy atom. The largest absolute Gasteiger partial charge is 0.493 e. The molecule has 1 saturated heterocycles. The summed E-state index contributed by atoms with van der Waals surface area (Å²) in [4.78, 5) is 31.3. The maximum atomic E-state index is 13.8. The summed E-state index contributed by atoms with van der Waals surface area (Å²) in [6, 6.07) is 13.2. The van der Waals surface area contributed by atoms with Gasteiger partial charge in [-0.15, -0.1) is 10.2 Å². The number of aromatic nitrogens is 3. The minimum atomic E-state index is -0.391. The van der Waals surface area contributed by atoms with Gasteiger partial charge in [0.1, 0.15) is 11.6 Å². The maximum Gasteiger partial charge on any atom is 0.291 e. The van der Waals surface area contributed by atoms with Crippen LogP contribution >= 0.6 is 0 Å². The first-order valence-corrected chi connectivity index (χ1v) is 16.3. The van der Waals surface area contributed by atoms with E-state index in [1.54, 1.807) is 19.1 Å². The number of ether oxygens (including phenoxy) is 4. The van der Waals surface area contributed by atoms with Crippen LogP contribution in [0.3, 0.4) is 0 Å². The fourth-order valence-electron chi connectivity index (χ4n) is 6.53. The average molecular weight is 633 g/mol.